The molecule has 1 N–H and O–H groups in total. The van der Waals surface area contributed by atoms with Crippen LogP contribution >= 0.6 is 27.5 Å². The summed E-state index contributed by atoms with van der Waals surface area (Å²) in [6, 6.07) is 17.7. The van der Waals surface area contributed by atoms with E-state index in [1.807, 2.05) is 13.0 Å². The molecule has 0 bridgehead atoms. The summed E-state index contributed by atoms with van der Waals surface area (Å²) in [5.74, 6) is -0.831. The van der Waals surface area contributed by atoms with Crippen LogP contribution in [0, 0.1) is 11.3 Å². The van der Waals surface area contributed by atoms with Gasteiger partial charge in [-0.05, 0) is 77.0 Å². The normalized spacial score (nSPS) is 14.4. The molecule has 0 spiro atoms. The molecule has 4 rings (SSSR count). The van der Waals surface area contributed by atoms with E-state index in [1.165, 1.54) is 30.3 Å². The Kier molecular flexibility index (Phi) is 7.92. The number of ether oxygens (including phenoxy) is 2. The molecule has 0 saturated carbocycles. The average Bonchev–Trinajstić information content (AvgIpc) is 2.87. The first-order valence-corrected chi connectivity index (χ1v) is 12.2. The molecular weight excluding hydrogens is 562 g/mol. The first-order chi connectivity index (χ1) is 17.8. The van der Waals surface area contributed by atoms with E-state index in [-0.39, 0.29) is 17.9 Å². The summed E-state index contributed by atoms with van der Waals surface area (Å²) in [6.07, 6.45) is 1.37. The minimum atomic E-state index is -0.855. The Morgan fingerprint density at radius 1 is 1.08 bits per heavy atom. The third kappa shape index (κ3) is 5.66. The number of amides is 4. The van der Waals surface area contributed by atoms with Gasteiger partial charge in [0.15, 0.2) is 11.5 Å². The zero-order chi connectivity index (χ0) is 26.5. The Morgan fingerprint density at radius 2 is 1.81 bits per heavy atom. The number of hydrogen-bond acceptors (Lipinski definition) is 6. The predicted molar refractivity (Wildman–Crippen MR) is 141 cm³/mol. The molecule has 1 heterocycles. The zero-order valence-electron chi connectivity index (χ0n) is 19.5. The van der Waals surface area contributed by atoms with Gasteiger partial charge in [0.25, 0.3) is 11.8 Å². The van der Waals surface area contributed by atoms with Gasteiger partial charge >= 0.3 is 6.03 Å². The largest absolute Gasteiger partial charge is 0.490 e. The minimum absolute atomic E-state index is 0.127. The van der Waals surface area contributed by atoms with Gasteiger partial charge in [0, 0.05) is 10.6 Å². The van der Waals surface area contributed by atoms with E-state index in [0.717, 1.165) is 4.90 Å². The molecule has 3 aromatic rings. The van der Waals surface area contributed by atoms with E-state index in [1.54, 1.807) is 30.3 Å². The Morgan fingerprint density at radius 3 is 2.51 bits per heavy atom. The molecule has 0 radical (unpaired) electrons. The lowest BCUT2D eigenvalue weighted by Gasteiger charge is -2.26. The van der Waals surface area contributed by atoms with Crippen LogP contribution < -0.4 is 19.7 Å². The van der Waals surface area contributed by atoms with Crippen LogP contribution in [0.25, 0.3) is 6.08 Å². The second-order valence-corrected chi connectivity index (χ2v) is 9.05. The van der Waals surface area contributed by atoms with Crippen LogP contribution in [-0.2, 0) is 16.2 Å². The van der Waals surface area contributed by atoms with E-state index >= 15 is 0 Å². The van der Waals surface area contributed by atoms with Crippen molar-refractivity contribution in [2.75, 3.05) is 11.5 Å². The van der Waals surface area contributed by atoms with Gasteiger partial charge in [-0.1, -0.05) is 29.8 Å². The fourth-order valence-electron chi connectivity index (χ4n) is 3.63. The number of benzene rings is 3. The van der Waals surface area contributed by atoms with Crippen molar-refractivity contribution >= 4 is 57.1 Å². The van der Waals surface area contributed by atoms with Crippen molar-refractivity contribution in [2.45, 2.75) is 13.5 Å². The number of carbonyl (C=O) groups is 3. The molecular formula is C27H19BrClN3O5. The number of urea groups is 1. The highest BCUT2D eigenvalue weighted by Gasteiger charge is 2.36. The monoisotopic (exact) mass is 579 g/mol. The number of barbiturate groups is 1. The van der Waals surface area contributed by atoms with Crippen molar-refractivity contribution < 1.29 is 23.9 Å². The van der Waals surface area contributed by atoms with Crippen molar-refractivity contribution in [1.29, 1.82) is 5.26 Å². The van der Waals surface area contributed by atoms with E-state index in [4.69, 9.17) is 21.1 Å². The summed E-state index contributed by atoms with van der Waals surface area (Å²) < 4.78 is 12.2. The van der Waals surface area contributed by atoms with Gasteiger partial charge in [-0.2, -0.15) is 5.26 Å². The highest BCUT2D eigenvalue weighted by Crippen LogP contribution is 2.38. The second kappa shape index (κ2) is 11.3. The van der Waals surface area contributed by atoms with Crippen molar-refractivity contribution in [2.24, 2.45) is 0 Å². The smallest absolute Gasteiger partial charge is 0.335 e. The van der Waals surface area contributed by atoms with Gasteiger partial charge in [-0.25, -0.2) is 9.69 Å². The number of carbonyl (C=O) groups excluding carboxylic acids is 3. The van der Waals surface area contributed by atoms with Crippen LogP contribution in [0.4, 0.5) is 10.5 Å². The Balaban J connectivity index is 1.67. The van der Waals surface area contributed by atoms with Gasteiger partial charge in [-0.3, -0.25) is 14.9 Å². The number of nitrogens with zero attached hydrogens (tertiary/aromatic N) is 2. The standard InChI is InChI=1S/C27H19BrClN3O5/c1-2-36-23-13-16(12-22(28)24(23)37-15-18-6-4-3-5-17(18)14-30)11-21-25(33)31-27(35)32(26(21)34)20-9-7-19(29)8-10-20/h3-13H,2,15H2,1H3,(H,31,33,35)/b21-11+. The molecule has 3 aromatic carbocycles. The first kappa shape index (κ1) is 25.9. The highest BCUT2D eigenvalue weighted by molar-refractivity contribution is 9.10. The lowest BCUT2D eigenvalue weighted by molar-refractivity contribution is -0.122. The summed E-state index contributed by atoms with van der Waals surface area (Å²) in [6.45, 7) is 2.26. The molecule has 4 amide bonds. The number of rotatable bonds is 7. The van der Waals surface area contributed by atoms with Crippen LogP contribution in [-0.4, -0.2) is 24.5 Å². The fraction of sp³-hybridized carbons (Fsp3) is 0.111. The lowest BCUT2D eigenvalue weighted by atomic mass is 10.1. The summed E-state index contributed by atoms with van der Waals surface area (Å²) in [5, 5.41) is 12.0. The van der Waals surface area contributed by atoms with E-state index < -0.39 is 17.8 Å². The van der Waals surface area contributed by atoms with E-state index in [0.29, 0.717) is 44.3 Å². The number of hydrogen-bond donors (Lipinski definition) is 1. The molecule has 1 fully saturated rings. The molecule has 37 heavy (non-hydrogen) atoms. The number of nitrogens with one attached hydrogen (secondary N) is 1. The molecule has 1 aliphatic heterocycles. The third-order valence-electron chi connectivity index (χ3n) is 5.34. The molecule has 1 aliphatic rings. The van der Waals surface area contributed by atoms with Gasteiger partial charge in [-0.15, -0.1) is 0 Å². The predicted octanol–water partition coefficient (Wildman–Crippen LogP) is 5.62. The van der Waals surface area contributed by atoms with Crippen molar-refractivity contribution in [3.8, 4) is 17.6 Å². The lowest BCUT2D eigenvalue weighted by Crippen LogP contribution is -2.54. The number of nitriles is 1. The maximum Gasteiger partial charge on any atom is 0.335 e. The second-order valence-electron chi connectivity index (χ2n) is 7.75. The molecule has 0 aliphatic carbocycles. The van der Waals surface area contributed by atoms with Crippen molar-refractivity contribution in [3.63, 3.8) is 0 Å². The van der Waals surface area contributed by atoms with Crippen LogP contribution in [0.5, 0.6) is 11.5 Å². The fourth-order valence-corrected chi connectivity index (χ4v) is 4.33. The molecule has 1 saturated heterocycles. The Labute approximate surface area is 226 Å². The van der Waals surface area contributed by atoms with Crippen LogP contribution in [0.15, 0.2) is 70.7 Å². The van der Waals surface area contributed by atoms with Crippen LogP contribution in [0.1, 0.15) is 23.6 Å². The molecule has 10 heteroatoms. The Hall–Kier alpha value is -4.13. The van der Waals surface area contributed by atoms with E-state index in [2.05, 4.69) is 27.3 Å². The Bertz CT molecular complexity index is 1460. The van der Waals surface area contributed by atoms with Crippen LogP contribution in [0.2, 0.25) is 5.02 Å². The van der Waals surface area contributed by atoms with Gasteiger partial charge in [0.2, 0.25) is 0 Å². The summed E-state index contributed by atoms with van der Waals surface area (Å²) in [5.41, 5.74) is 1.70. The van der Waals surface area contributed by atoms with Gasteiger partial charge in [0.05, 0.1) is 28.4 Å². The number of halogens is 2. The average molecular weight is 581 g/mol. The van der Waals surface area contributed by atoms with Crippen molar-refractivity contribution in [1.82, 2.24) is 5.32 Å². The minimum Gasteiger partial charge on any atom is -0.490 e. The number of anilines is 1. The third-order valence-corrected chi connectivity index (χ3v) is 6.18. The maximum atomic E-state index is 13.2. The summed E-state index contributed by atoms with van der Waals surface area (Å²) in [4.78, 5) is 39.0. The molecule has 0 aromatic heterocycles. The highest BCUT2D eigenvalue weighted by atomic mass is 79.9. The topological polar surface area (TPSA) is 109 Å². The van der Waals surface area contributed by atoms with Crippen LogP contribution in [0.3, 0.4) is 0 Å². The zero-order valence-corrected chi connectivity index (χ0v) is 21.8. The van der Waals surface area contributed by atoms with E-state index in [9.17, 15) is 19.6 Å². The number of imide groups is 2. The summed E-state index contributed by atoms with van der Waals surface area (Å²) >= 11 is 9.39. The van der Waals surface area contributed by atoms with Gasteiger partial charge < -0.3 is 9.47 Å². The van der Waals surface area contributed by atoms with Gasteiger partial charge in [0.1, 0.15) is 12.2 Å². The SMILES string of the molecule is CCOc1cc(/C=C2\C(=O)NC(=O)N(c3ccc(Cl)cc3)C2=O)cc(Br)c1OCc1ccccc1C#N. The van der Waals surface area contributed by atoms with Crippen molar-refractivity contribution in [3.05, 3.63) is 92.4 Å². The quantitative estimate of drug-likeness (QED) is 0.287. The maximum absolute atomic E-state index is 13.2. The molecule has 0 atom stereocenters. The molecule has 186 valence electrons. The molecule has 8 nitrogen and oxygen atoms in total. The first-order valence-electron chi connectivity index (χ1n) is 11.1. The molecule has 0 unspecified atom stereocenters. The summed E-state index contributed by atoms with van der Waals surface area (Å²) in [7, 11) is 0.